The second-order valence-corrected chi connectivity index (χ2v) is 6.33. The van der Waals surface area contributed by atoms with Gasteiger partial charge < -0.3 is 24.4 Å². The van der Waals surface area contributed by atoms with Gasteiger partial charge >= 0.3 is 5.97 Å². The first-order valence-electron chi connectivity index (χ1n) is 8.98. The Morgan fingerprint density at radius 3 is 2.30 bits per heavy atom. The fraction of sp³-hybridized carbons (Fsp3) is 0.286. The van der Waals surface area contributed by atoms with E-state index < -0.39 is 30.2 Å². The van der Waals surface area contributed by atoms with E-state index in [1.54, 1.807) is 18.2 Å². The second kappa shape index (κ2) is 10.8. The average molecular weight is 418 g/mol. The van der Waals surface area contributed by atoms with Gasteiger partial charge in [0, 0.05) is 12.7 Å². The maximum atomic E-state index is 12.9. The Balaban J connectivity index is 1.79. The number of amides is 2. The zero-order valence-electron chi connectivity index (χ0n) is 16.9. The molecule has 0 unspecified atom stereocenters. The molecule has 1 N–H and O–H groups in total. The number of esters is 1. The lowest BCUT2D eigenvalue weighted by atomic mass is 10.1. The fourth-order valence-corrected chi connectivity index (χ4v) is 2.50. The van der Waals surface area contributed by atoms with Crippen LogP contribution in [0.2, 0.25) is 0 Å². The van der Waals surface area contributed by atoms with Crippen LogP contribution >= 0.6 is 0 Å². The van der Waals surface area contributed by atoms with Crippen LogP contribution in [0.4, 0.5) is 10.1 Å². The average Bonchev–Trinajstić information content (AvgIpc) is 2.73. The number of benzene rings is 2. The molecule has 0 saturated heterocycles. The van der Waals surface area contributed by atoms with Crippen molar-refractivity contribution in [2.24, 2.45) is 0 Å². The highest BCUT2D eigenvalue weighted by atomic mass is 19.1. The van der Waals surface area contributed by atoms with Crippen LogP contribution in [0, 0.1) is 5.82 Å². The summed E-state index contributed by atoms with van der Waals surface area (Å²) in [6.45, 7) is -0.740. The minimum atomic E-state index is -0.597. The van der Waals surface area contributed by atoms with E-state index in [2.05, 4.69) is 5.32 Å². The number of nitrogens with one attached hydrogen (secondary N) is 1. The van der Waals surface area contributed by atoms with Gasteiger partial charge in [0.05, 0.1) is 27.2 Å². The second-order valence-electron chi connectivity index (χ2n) is 6.33. The zero-order valence-corrected chi connectivity index (χ0v) is 16.9. The first kappa shape index (κ1) is 22.7. The molecule has 2 aromatic rings. The number of likely N-dealkylation sites (N-methyl/N-ethyl adjacent to an activating group) is 1. The molecule has 30 heavy (non-hydrogen) atoms. The van der Waals surface area contributed by atoms with Gasteiger partial charge in [-0.15, -0.1) is 0 Å². The summed E-state index contributed by atoms with van der Waals surface area (Å²) in [5.41, 5.74) is 1.04. The first-order valence-corrected chi connectivity index (χ1v) is 8.98. The number of nitrogens with zero attached hydrogens (tertiary/aromatic N) is 1. The van der Waals surface area contributed by atoms with E-state index in [1.807, 2.05) is 0 Å². The molecule has 0 aromatic heterocycles. The molecule has 0 fully saturated rings. The topological polar surface area (TPSA) is 94.2 Å². The maximum Gasteiger partial charge on any atom is 0.310 e. The zero-order chi connectivity index (χ0) is 22.1. The number of halogens is 1. The fourth-order valence-electron chi connectivity index (χ4n) is 2.50. The minimum Gasteiger partial charge on any atom is -0.493 e. The van der Waals surface area contributed by atoms with E-state index in [0.29, 0.717) is 22.7 Å². The molecule has 0 bridgehead atoms. The van der Waals surface area contributed by atoms with Crippen molar-refractivity contribution < 1.29 is 33.0 Å². The normalized spacial score (nSPS) is 10.1. The Morgan fingerprint density at radius 2 is 1.67 bits per heavy atom. The highest BCUT2D eigenvalue weighted by molar-refractivity contribution is 5.94. The molecule has 0 aliphatic heterocycles. The summed E-state index contributed by atoms with van der Waals surface area (Å²) in [5, 5.41) is 2.54. The van der Waals surface area contributed by atoms with Crippen LogP contribution < -0.4 is 14.8 Å². The number of methoxy groups -OCH3 is 2. The van der Waals surface area contributed by atoms with Crippen LogP contribution in [0.15, 0.2) is 42.5 Å². The molecular formula is C21H23FN2O6. The number of anilines is 1. The molecule has 0 aliphatic carbocycles. The molecule has 160 valence electrons. The molecule has 0 aliphatic rings. The van der Waals surface area contributed by atoms with Crippen LogP contribution in [-0.4, -0.2) is 57.1 Å². The van der Waals surface area contributed by atoms with Crippen molar-refractivity contribution in [2.75, 3.05) is 39.7 Å². The van der Waals surface area contributed by atoms with Crippen molar-refractivity contribution in [2.45, 2.75) is 6.42 Å². The Morgan fingerprint density at radius 1 is 1.00 bits per heavy atom. The van der Waals surface area contributed by atoms with Gasteiger partial charge in [0.1, 0.15) is 5.82 Å². The monoisotopic (exact) mass is 418 g/mol. The summed E-state index contributed by atoms with van der Waals surface area (Å²) in [5.74, 6) is -1.01. The summed E-state index contributed by atoms with van der Waals surface area (Å²) in [6, 6.07) is 10.2. The lowest BCUT2D eigenvalue weighted by molar-refractivity contribution is -0.151. The predicted octanol–water partition coefficient (Wildman–Crippen LogP) is 2.03. The third-order valence-corrected chi connectivity index (χ3v) is 4.09. The number of hydrogen-bond donors (Lipinski definition) is 1. The van der Waals surface area contributed by atoms with Gasteiger partial charge in [-0.3, -0.25) is 14.4 Å². The van der Waals surface area contributed by atoms with Gasteiger partial charge in [0.15, 0.2) is 18.1 Å². The van der Waals surface area contributed by atoms with Gasteiger partial charge in [-0.2, -0.15) is 0 Å². The highest BCUT2D eigenvalue weighted by Gasteiger charge is 2.16. The van der Waals surface area contributed by atoms with Gasteiger partial charge in [-0.25, -0.2) is 4.39 Å². The quantitative estimate of drug-likeness (QED) is 0.627. The van der Waals surface area contributed by atoms with E-state index >= 15 is 0 Å². The summed E-state index contributed by atoms with van der Waals surface area (Å²) in [6.07, 6.45) is -0.0532. The number of rotatable bonds is 9. The highest BCUT2D eigenvalue weighted by Crippen LogP contribution is 2.27. The number of carbonyl (C=O) groups excluding carboxylic acids is 3. The molecule has 2 aromatic carbocycles. The lowest BCUT2D eigenvalue weighted by Crippen LogP contribution is -2.37. The molecule has 0 saturated carbocycles. The molecule has 2 rings (SSSR count). The third-order valence-electron chi connectivity index (χ3n) is 4.09. The van der Waals surface area contributed by atoms with Crippen LogP contribution in [0.25, 0.3) is 0 Å². The minimum absolute atomic E-state index is 0.0532. The Hall–Kier alpha value is -3.62. The van der Waals surface area contributed by atoms with Crippen LogP contribution in [0.3, 0.4) is 0 Å². The Bertz CT molecular complexity index is 901. The molecule has 0 atom stereocenters. The molecular weight excluding hydrogens is 395 g/mol. The van der Waals surface area contributed by atoms with Crippen molar-refractivity contribution >= 4 is 23.5 Å². The van der Waals surface area contributed by atoms with Crippen molar-refractivity contribution in [3.05, 3.63) is 53.8 Å². The number of ether oxygens (including phenoxy) is 3. The molecule has 0 radical (unpaired) electrons. The number of carbonyl (C=O) groups is 3. The van der Waals surface area contributed by atoms with Crippen LogP contribution in [0.5, 0.6) is 11.5 Å². The summed E-state index contributed by atoms with van der Waals surface area (Å²) in [7, 11) is 4.41. The SMILES string of the molecule is COc1ccc(CC(=O)OCC(=O)N(C)CC(=O)Nc2ccc(F)cc2)cc1OC. The van der Waals surface area contributed by atoms with E-state index in [4.69, 9.17) is 14.2 Å². The first-order chi connectivity index (χ1) is 14.3. The Kier molecular flexibility index (Phi) is 8.16. The van der Waals surface area contributed by atoms with Gasteiger partial charge in [-0.05, 0) is 42.0 Å². The summed E-state index contributed by atoms with van der Waals surface area (Å²) in [4.78, 5) is 37.2. The van der Waals surface area contributed by atoms with E-state index in [-0.39, 0.29) is 13.0 Å². The van der Waals surface area contributed by atoms with E-state index in [1.165, 1.54) is 45.5 Å². The van der Waals surface area contributed by atoms with Crippen molar-refractivity contribution in [3.63, 3.8) is 0 Å². The van der Waals surface area contributed by atoms with Crippen molar-refractivity contribution in [3.8, 4) is 11.5 Å². The summed E-state index contributed by atoms with van der Waals surface area (Å²) >= 11 is 0. The van der Waals surface area contributed by atoms with Crippen LogP contribution in [0.1, 0.15) is 5.56 Å². The smallest absolute Gasteiger partial charge is 0.310 e. The van der Waals surface area contributed by atoms with E-state index in [9.17, 15) is 18.8 Å². The van der Waals surface area contributed by atoms with Gasteiger partial charge in [-0.1, -0.05) is 6.07 Å². The largest absolute Gasteiger partial charge is 0.493 e. The standard InChI is InChI=1S/C21H23FN2O6/c1-24(12-19(25)23-16-7-5-15(22)6-8-16)20(26)13-30-21(27)11-14-4-9-17(28-2)18(10-14)29-3/h4-10H,11-13H2,1-3H3,(H,23,25). The molecule has 2 amide bonds. The van der Waals surface area contributed by atoms with Crippen molar-refractivity contribution in [1.29, 1.82) is 0 Å². The lowest BCUT2D eigenvalue weighted by Gasteiger charge is -2.17. The van der Waals surface area contributed by atoms with Crippen molar-refractivity contribution in [1.82, 2.24) is 4.90 Å². The molecule has 8 nitrogen and oxygen atoms in total. The summed E-state index contributed by atoms with van der Waals surface area (Å²) < 4.78 is 28.2. The Labute approximate surface area is 173 Å². The molecule has 9 heteroatoms. The molecule has 0 heterocycles. The van der Waals surface area contributed by atoms with Gasteiger partial charge in [0.25, 0.3) is 5.91 Å². The third kappa shape index (κ3) is 6.77. The predicted molar refractivity (Wildman–Crippen MR) is 107 cm³/mol. The van der Waals surface area contributed by atoms with E-state index in [0.717, 1.165) is 4.90 Å². The maximum absolute atomic E-state index is 12.9. The molecule has 0 spiro atoms. The van der Waals surface area contributed by atoms with Crippen LogP contribution in [-0.2, 0) is 25.5 Å². The van der Waals surface area contributed by atoms with Gasteiger partial charge in [0.2, 0.25) is 5.91 Å². The number of hydrogen-bond acceptors (Lipinski definition) is 6.